The second-order valence-corrected chi connectivity index (χ2v) is 5.97. The standard InChI is InChI=1S/C16H19N3O/c1-10(16-18-15(19-20-16)12-5-6-12)17-14-8-7-11-3-2-4-13(11)9-14/h7-10,12,17H,2-6H2,1H3. The molecule has 2 aliphatic carbocycles. The quantitative estimate of drug-likeness (QED) is 0.921. The third-order valence-corrected chi connectivity index (χ3v) is 4.25. The third-order valence-electron chi connectivity index (χ3n) is 4.25. The van der Waals surface area contributed by atoms with Crippen molar-refractivity contribution in [1.29, 1.82) is 0 Å². The van der Waals surface area contributed by atoms with Gasteiger partial charge in [-0.3, -0.25) is 0 Å². The van der Waals surface area contributed by atoms with Gasteiger partial charge in [-0.15, -0.1) is 0 Å². The molecule has 0 aliphatic heterocycles. The van der Waals surface area contributed by atoms with E-state index in [0.29, 0.717) is 11.8 Å². The van der Waals surface area contributed by atoms with Gasteiger partial charge in [-0.1, -0.05) is 11.2 Å². The molecule has 0 radical (unpaired) electrons. The Hall–Kier alpha value is -1.84. The maximum Gasteiger partial charge on any atom is 0.248 e. The van der Waals surface area contributed by atoms with Gasteiger partial charge >= 0.3 is 0 Å². The number of aryl methyl sites for hydroxylation is 2. The zero-order valence-corrected chi connectivity index (χ0v) is 11.7. The number of nitrogens with zero attached hydrogens (tertiary/aromatic N) is 2. The highest BCUT2D eigenvalue weighted by atomic mass is 16.5. The van der Waals surface area contributed by atoms with E-state index in [1.807, 2.05) is 0 Å². The van der Waals surface area contributed by atoms with Crippen LogP contribution in [0.5, 0.6) is 0 Å². The van der Waals surface area contributed by atoms with E-state index in [-0.39, 0.29) is 6.04 Å². The fourth-order valence-corrected chi connectivity index (χ4v) is 2.90. The van der Waals surface area contributed by atoms with E-state index in [2.05, 4.69) is 40.6 Å². The molecule has 1 heterocycles. The number of benzene rings is 1. The topological polar surface area (TPSA) is 51.0 Å². The average molecular weight is 269 g/mol. The van der Waals surface area contributed by atoms with Crippen LogP contribution >= 0.6 is 0 Å². The summed E-state index contributed by atoms with van der Waals surface area (Å²) in [6.45, 7) is 2.07. The number of fused-ring (bicyclic) bond motifs is 1. The molecule has 1 aromatic carbocycles. The Morgan fingerprint density at radius 1 is 1.25 bits per heavy atom. The first-order chi connectivity index (χ1) is 9.79. The monoisotopic (exact) mass is 269 g/mol. The number of aromatic nitrogens is 2. The van der Waals surface area contributed by atoms with Crippen molar-refractivity contribution >= 4 is 5.69 Å². The summed E-state index contributed by atoms with van der Waals surface area (Å²) in [6.07, 6.45) is 6.10. The summed E-state index contributed by atoms with van der Waals surface area (Å²) in [5.74, 6) is 2.11. The van der Waals surface area contributed by atoms with Crippen LogP contribution in [0.1, 0.15) is 61.0 Å². The molecule has 104 valence electrons. The van der Waals surface area contributed by atoms with E-state index in [0.717, 1.165) is 11.5 Å². The molecule has 2 aliphatic rings. The fraction of sp³-hybridized carbons (Fsp3) is 0.500. The van der Waals surface area contributed by atoms with Gasteiger partial charge < -0.3 is 9.84 Å². The van der Waals surface area contributed by atoms with Crippen molar-refractivity contribution < 1.29 is 4.52 Å². The molecule has 4 heteroatoms. The summed E-state index contributed by atoms with van der Waals surface area (Å²) in [5, 5.41) is 7.54. The van der Waals surface area contributed by atoms with Crippen molar-refractivity contribution in [2.75, 3.05) is 5.32 Å². The molecule has 1 aromatic heterocycles. The molecule has 2 aromatic rings. The van der Waals surface area contributed by atoms with Gasteiger partial charge in [0.2, 0.25) is 5.89 Å². The third kappa shape index (κ3) is 2.19. The minimum atomic E-state index is 0.0504. The lowest BCUT2D eigenvalue weighted by molar-refractivity contribution is 0.363. The largest absolute Gasteiger partial charge is 0.374 e. The van der Waals surface area contributed by atoms with Gasteiger partial charge in [0.05, 0.1) is 0 Å². The van der Waals surface area contributed by atoms with Crippen molar-refractivity contribution in [3.63, 3.8) is 0 Å². The van der Waals surface area contributed by atoms with Crippen LogP contribution in [0.15, 0.2) is 22.7 Å². The van der Waals surface area contributed by atoms with Crippen LogP contribution in [-0.2, 0) is 12.8 Å². The normalized spacial score (nSPS) is 18.9. The van der Waals surface area contributed by atoms with Gasteiger partial charge in [-0.25, -0.2) is 0 Å². The minimum Gasteiger partial charge on any atom is -0.374 e. The summed E-state index contributed by atoms with van der Waals surface area (Å²) < 4.78 is 5.37. The molecule has 1 fully saturated rings. The molecule has 1 N–H and O–H groups in total. The lowest BCUT2D eigenvalue weighted by atomic mass is 10.1. The highest BCUT2D eigenvalue weighted by Gasteiger charge is 2.29. The zero-order valence-electron chi connectivity index (χ0n) is 11.7. The SMILES string of the molecule is CC(Nc1ccc2c(c1)CCC2)c1nc(C2CC2)no1. The molecule has 0 amide bonds. The molecular formula is C16H19N3O. The summed E-state index contributed by atoms with van der Waals surface area (Å²) in [6, 6.07) is 6.70. The highest BCUT2D eigenvalue weighted by molar-refractivity contribution is 5.50. The Morgan fingerprint density at radius 2 is 2.10 bits per heavy atom. The van der Waals surface area contributed by atoms with E-state index in [4.69, 9.17) is 4.52 Å². The van der Waals surface area contributed by atoms with Gasteiger partial charge in [0.25, 0.3) is 0 Å². The number of hydrogen-bond donors (Lipinski definition) is 1. The first-order valence-corrected chi connectivity index (χ1v) is 7.51. The van der Waals surface area contributed by atoms with Crippen LogP contribution in [0.25, 0.3) is 0 Å². The molecule has 1 unspecified atom stereocenters. The van der Waals surface area contributed by atoms with E-state index < -0.39 is 0 Å². The fourth-order valence-electron chi connectivity index (χ4n) is 2.90. The van der Waals surface area contributed by atoms with Gasteiger partial charge in [0.15, 0.2) is 5.82 Å². The second-order valence-electron chi connectivity index (χ2n) is 5.97. The Kier molecular flexibility index (Phi) is 2.76. The Labute approximate surface area is 118 Å². The number of anilines is 1. The van der Waals surface area contributed by atoms with E-state index in [1.165, 1.54) is 43.2 Å². The maximum absolute atomic E-state index is 5.37. The lowest BCUT2D eigenvalue weighted by Crippen LogP contribution is -2.07. The van der Waals surface area contributed by atoms with Crippen LogP contribution in [0, 0.1) is 0 Å². The summed E-state index contributed by atoms with van der Waals surface area (Å²) in [7, 11) is 0. The Balaban J connectivity index is 1.49. The summed E-state index contributed by atoms with van der Waals surface area (Å²) >= 11 is 0. The summed E-state index contributed by atoms with van der Waals surface area (Å²) in [4.78, 5) is 4.50. The molecule has 1 saturated carbocycles. The van der Waals surface area contributed by atoms with Crippen LogP contribution in [0.2, 0.25) is 0 Å². The predicted molar refractivity (Wildman–Crippen MR) is 76.8 cm³/mol. The smallest absolute Gasteiger partial charge is 0.248 e. The van der Waals surface area contributed by atoms with Crippen molar-refractivity contribution in [2.45, 2.75) is 51.0 Å². The maximum atomic E-state index is 5.37. The minimum absolute atomic E-state index is 0.0504. The molecule has 20 heavy (non-hydrogen) atoms. The van der Waals surface area contributed by atoms with Gasteiger partial charge in [0, 0.05) is 11.6 Å². The van der Waals surface area contributed by atoms with E-state index in [1.54, 1.807) is 0 Å². The predicted octanol–water partition coefficient (Wildman–Crippen LogP) is 3.61. The lowest BCUT2D eigenvalue weighted by Gasteiger charge is -2.12. The second kappa shape index (κ2) is 4.62. The van der Waals surface area contributed by atoms with Gasteiger partial charge in [0.1, 0.15) is 6.04 Å². The first-order valence-electron chi connectivity index (χ1n) is 7.51. The first kappa shape index (κ1) is 11.9. The van der Waals surface area contributed by atoms with Gasteiger partial charge in [-0.05, 0) is 62.3 Å². The van der Waals surface area contributed by atoms with Crippen molar-refractivity contribution in [2.24, 2.45) is 0 Å². The molecular weight excluding hydrogens is 250 g/mol. The highest BCUT2D eigenvalue weighted by Crippen LogP contribution is 2.38. The van der Waals surface area contributed by atoms with Crippen molar-refractivity contribution in [3.8, 4) is 0 Å². The molecule has 1 atom stereocenters. The number of nitrogens with one attached hydrogen (secondary N) is 1. The molecule has 4 nitrogen and oxygen atoms in total. The van der Waals surface area contributed by atoms with Gasteiger partial charge in [-0.2, -0.15) is 4.98 Å². The van der Waals surface area contributed by atoms with E-state index >= 15 is 0 Å². The van der Waals surface area contributed by atoms with Crippen LogP contribution in [0.4, 0.5) is 5.69 Å². The van der Waals surface area contributed by atoms with Crippen molar-refractivity contribution in [1.82, 2.24) is 10.1 Å². The zero-order chi connectivity index (χ0) is 13.5. The molecule has 0 saturated heterocycles. The molecule has 0 bridgehead atoms. The molecule has 4 rings (SSSR count). The van der Waals surface area contributed by atoms with Crippen LogP contribution in [-0.4, -0.2) is 10.1 Å². The number of hydrogen-bond acceptors (Lipinski definition) is 4. The van der Waals surface area contributed by atoms with Crippen LogP contribution in [0.3, 0.4) is 0 Å². The summed E-state index contributed by atoms with van der Waals surface area (Å²) in [5.41, 5.74) is 4.12. The number of rotatable bonds is 4. The Bertz CT molecular complexity index is 630. The van der Waals surface area contributed by atoms with E-state index in [9.17, 15) is 0 Å². The average Bonchev–Trinajstić information content (AvgIpc) is 3.01. The van der Waals surface area contributed by atoms with Crippen LogP contribution < -0.4 is 5.32 Å². The van der Waals surface area contributed by atoms with Crippen molar-refractivity contribution in [3.05, 3.63) is 41.0 Å². The molecule has 0 spiro atoms. The Morgan fingerprint density at radius 3 is 2.95 bits per heavy atom.